The monoisotopic (exact) mass is 267 g/mol. The molecule has 4 heteroatoms. The smallest absolute Gasteiger partial charge is 0.124 e. The van der Waals surface area contributed by atoms with Gasteiger partial charge in [-0.2, -0.15) is 0 Å². The van der Waals surface area contributed by atoms with E-state index in [-0.39, 0.29) is 6.04 Å². The summed E-state index contributed by atoms with van der Waals surface area (Å²) in [7, 11) is 1.64. The van der Waals surface area contributed by atoms with E-state index in [1.807, 2.05) is 18.2 Å². The molecule has 2 aromatic rings. The number of halogens is 1. The van der Waals surface area contributed by atoms with Crippen LogP contribution in [0.4, 0.5) is 0 Å². The number of ether oxygens (including phenoxy) is 1. The van der Waals surface area contributed by atoms with Crippen LogP contribution in [0.5, 0.6) is 5.75 Å². The molecule has 0 aliphatic carbocycles. The summed E-state index contributed by atoms with van der Waals surface area (Å²) >= 11 is 7.69. The lowest BCUT2D eigenvalue weighted by atomic mass is 10.1. The van der Waals surface area contributed by atoms with Gasteiger partial charge in [0.05, 0.1) is 13.2 Å². The van der Waals surface area contributed by atoms with Crippen molar-refractivity contribution in [1.29, 1.82) is 0 Å². The summed E-state index contributed by atoms with van der Waals surface area (Å²) in [5.41, 5.74) is 7.17. The van der Waals surface area contributed by atoms with Crippen LogP contribution < -0.4 is 10.5 Å². The Balaban J connectivity index is 2.42. The summed E-state index contributed by atoms with van der Waals surface area (Å²) in [5, 5.41) is 0.671. The van der Waals surface area contributed by atoms with Crippen molar-refractivity contribution in [2.45, 2.75) is 13.0 Å². The highest BCUT2D eigenvalue weighted by Crippen LogP contribution is 2.33. The molecule has 0 saturated heterocycles. The summed E-state index contributed by atoms with van der Waals surface area (Å²) in [6.45, 7) is 2.07. The van der Waals surface area contributed by atoms with Crippen molar-refractivity contribution in [3.8, 4) is 5.75 Å². The van der Waals surface area contributed by atoms with E-state index < -0.39 is 0 Å². The quantitative estimate of drug-likeness (QED) is 0.919. The van der Waals surface area contributed by atoms with Gasteiger partial charge in [0.25, 0.3) is 0 Å². The van der Waals surface area contributed by atoms with Gasteiger partial charge in [-0.3, -0.25) is 0 Å². The number of thiophene rings is 1. The number of benzene rings is 1. The van der Waals surface area contributed by atoms with Crippen LogP contribution in [0, 0.1) is 6.92 Å². The van der Waals surface area contributed by atoms with Gasteiger partial charge >= 0.3 is 0 Å². The number of aryl methyl sites for hydroxylation is 1. The number of hydrogen-bond acceptors (Lipinski definition) is 3. The fourth-order valence-corrected chi connectivity index (χ4v) is 2.80. The van der Waals surface area contributed by atoms with Gasteiger partial charge < -0.3 is 10.5 Å². The predicted molar refractivity (Wildman–Crippen MR) is 73.1 cm³/mol. The van der Waals surface area contributed by atoms with Crippen LogP contribution in [-0.2, 0) is 0 Å². The van der Waals surface area contributed by atoms with Crippen LogP contribution in [0.3, 0.4) is 0 Å². The van der Waals surface area contributed by atoms with Gasteiger partial charge in [0, 0.05) is 20.3 Å². The highest BCUT2D eigenvalue weighted by molar-refractivity contribution is 7.12. The molecule has 1 heterocycles. The third kappa shape index (κ3) is 2.63. The average Bonchev–Trinajstić information content (AvgIpc) is 2.75. The summed E-state index contributed by atoms with van der Waals surface area (Å²) in [6, 6.07) is 9.43. The van der Waals surface area contributed by atoms with Gasteiger partial charge in [-0.05, 0) is 37.3 Å². The molecule has 1 unspecified atom stereocenters. The van der Waals surface area contributed by atoms with E-state index in [1.54, 1.807) is 24.5 Å². The Kier molecular flexibility index (Phi) is 3.72. The van der Waals surface area contributed by atoms with Crippen LogP contribution in [-0.4, -0.2) is 7.11 Å². The number of hydrogen-bond donors (Lipinski definition) is 1. The third-order valence-corrected chi connectivity index (χ3v) is 3.91. The minimum atomic E-state index is -0.192. The van der Waals surface area contributed by atoms with Crippen molar-refractivity contribution >= 4 is 22.9 Å². The molecule has 1 atom stereocenters. The van der Waals surface area contributed by atoms with Gasteiger partial charge in [0.15, 0.2) is 0 Å². The van der Waals surface area contributed by atoms with E-state index >= 15 is 0 Å². The van der Waals surface area contributed by atoms with Crippen molar-refractivity contribution in [3.05, 3.63) is 50.7 Å². The first-order valence-corrected chi connectivity index (χ1v) is 6.46. The Hall–Kier alpha value is -1.03. The summed E-state index contributed by atoms with van der Waals surface area (Å²) in [5.74, 6) is 0.771. The van der Waals surface area contributed by atoms with Crippen LogP contribution in [0.2, 0.25) is 5.02 Å². The molecule has 90 valence electrons. The molecular weight excluding hydrogens is 254 g/mol. The Morgan fingerprint density at radius 2 is 2.06 bits per heavy atom. The van der Waals surface area contributed by atoms with Gasteiger partial charge in [0.1, 0.15) is 5.75 Å². The van der Waals surface area contributed by atoms with E-state index in [9.17, 15) is 0 Å². The maximum Gasteiger partial charge on any atom is 0.124 e. The molecular formula is C13H14ClNOS. The number of rotatable bonds is 3. The van der Waals surface area contributed by atoms with Crippen LogP contribution in [0.25, 0.3) is 0 Å². The molecule has 0 fully saturated rings. The molecule has 0 saturated carbocycles. The molecule has 1 aromatic heterocycles. The number of methoxy groups -OCH3 is 1. The average molecular weight is 268 g/mol. The largest absolute Gasteiger partial charge is 0.496 e. The normalized spacial score (nSPS) is 12.5. The highest BCUT2D eigenvalue weighted by Gasteiger charge is 2.15. The second-order valence-electron chi connectivity index (χ2n) is 3.81. The van der Waals surface area contributed by atoms with Crippen molar-refractivity contribution < 1.29 is 4.74 Å². The predicted octanol–water partition coefficient (Wildman–Crippen LogP) is 3.77. The lowest BCUT2D eigenvalue weighted by Gasteiger charge is -2.14. The number of nitrogens with two attached hydrogens (primary N) is 1. The molecule has 2 N–H and O–H groups in total. The molecule has 2 nitrogen and oxygen atoms in total. The second kappa shape index (κ2) is 5.08. The second-order valence-corrected chi connectivity index (χ2v) is 5.57. The first-order chi connectivity index (χ1) is 8.11. The molecule has 2 rings (SSSR count). The minimum Gasteiger partial charge on any atom is -0.496 e. The molecule has 0 aliphatic rings. The molecule has 0 amide bonds. The van der Waals surface area contributed by atoms with E-state index in [0.717, 1.165) is 16.2 Å². The van der Waals surface area contributed by atoms with E-state index in [1.165, 1.54) is 4.88 Å². The minimum absolute atomic E-state index is 0.192. The summed E-state index contributed by atoms with van der Waals surface area (Å²) in [4.78, 5) is 2.36. The van der Waals surface area contributed by atoms with Crippen LogP contribution >= 0.6 is 22.9 Å². The lowest BCUT2D eigenvalue weighted by molar-refractivity contribution is 0.408. The Bertz CT molecular complexity index is 524. The molecule has 0 bridgehead atoms. The standard InChI is InChI=1S/C13H14ClNOS/c1-8-3-6-12(17-8)13(15)10-7-9(14)4-5-11(10)16-2/h3-7,13H,15H2,1-2H3. The zero-order valence-electron chi connectivity index (χ0n) is 9.74. The Labute approximate surface area is 110 Å². The van der Waals surface area contributed by atoms with Crippen molar-refractivity contribution in [1.82, 2.24) is 0 Å². The topological polar surface area (TPSA) is 35.2 Å². The molecule has 0 radical (unpaired) electrons. The molecule has 1 aromatic carbocycles. The SMILES string of the molecule is COc1ccc(Cl)cc1C(N)c1ccc(C)s1. The lowest BCUT2D eigenvalue weighted by Crippen LogP contribution is -2.11. The maximum atomic E-state index is 6.25. The molecule has 0 spiro atoms. The van der Waals surface area contributed by atoms with Gasteiger partial charge in [-0.15, -0.1) is 11.3 Å². The maximum absolute atomic E-state index is 6.25. The fourth-order valence-electron chi connectivity index (χ4n) is 1.72. The zero-order chi connectivity index (χ0) is 12.4. The molecule has 0 aliphatic heterocycles. The van der Waals surface area contributed by atoms with Gasteiger partial charge in [-0.25, -0.2) is 0 Å². The van der Waals surface area contributed by atoms with Crippen molar-refractivity contribution in [3.63, 3.8) is 0 Å². The first-order valence-electron chi connectivity index (χ1n) is 5.27. The van der Waals surface area contributed by atoms with Crippen molar-refractivity contribution in [2.75, 3.05) is 7.11 Å². The summed E-state index contributed by atoms with van der Waals surface area (Å²) < 4.78 is 5.32. The van der Waals surface area contributed by atoms with Crippen LogP contribution in [0.15, 0.2) is 30.3 Å². The van der Waals surface area contributed by atoms with Gasteiger partial charge in [0.2, 0.25) is 0 Å². The Morgan fingerprint density at radius 1 is 1.29 bits per heavy atom. The third-order valence-electron chi connectivity index (χ3n) is 2.59. The van der Waals surface area contributed by atoms with E-state index in [0.29, 0.717) is 5.02 Å². The van der Waals surface area contributed by atoms with Crippen molar-refractivity contribution in [2.24, 2.45) is 5.73 Å². The van der Waals surface area contributed by atoms with Crippen LogP contribution in [0.1, 0.15) is 21.4 Å². The molecule has 17 heavy (non-hydrogen) atoms. The van der Waals surface area contributed by atoms with E-state index in [4.69, 9.17) is 22.1 Å². The zero-order valence-corrected chi connectivity index (χ0v) is 11.3. The van der Waals surface area contributed by atoms with Gasteiger partial charge in [-0.1, -0.05) is 11.6 Å². The highest BCUT2D eigenvalue weighted by atomic mass is 35.5. The first kappa shape index (κ1) is 12.4. The Morgan fingerprint density at radius 3 is 2.65 bits per heavy atom. The fraction of sp³-hybridized carbons (Fsp3) is 0.231. The van der Waals surface area contributed by atoms with E-state index in [2.05, 4.69) is 13.0 Å². The summed E-state index contributed by atoms with van der Waals surface area (Å²) in [6.07, 6.45) is 0.